The van der Waals surface area contributed by atoms with E-state index in [0.29, 0.717) is 17.5 Å². The molecule has 6 aromatic rings. The molecule has 5 aromatic carbocycles. The van der Waals surface area contributed by atoms with Gasteiger partial charge in [-0.25, -0.2) is 15.0 Å². The Balaban J connectivity index is 1.32. The zero-order valence-corrected chi connectivity index (χ0v) is 26.4. The SMILES string of the molecule is CC1(C)c2ccc(-c3cccc(-c4nc(-c5ccccc5)nc(-c5ccccc5)n4)c3)cc2-c2ccc([Si](C)(C)C)cc21. The van der Waals surface area contributed by atoms with Crippen LogP contribution in [0, 0.1) is 0 Å². The normalized spacial score (nSPS) is 13.4. The van der Waals surface area contributed by atoms with Gasteiger partial charge in [-0.05, 0) is 45.5 Å². The maximum absolute atomic E-state index is 4.95. The lowest BCUT2D eigenvalue weighted by atomic mass is 9.82. The highest BCUT2D eigenvalue weighted by molar-refractivity contribution is 6.88. The summed E-state index contributed by atoms with van der Waals surface area (Å²) in [6, 6.07) is 43.0. The third-order valence-electron chi connectivity index (χ3n) is 8.70. The second kappa shape index (κ2) is 10.2. The third kappa shape index (κ3) is 4.92. The van der Waals surface area contributed by atoms with Gasteiger partial charge in [-0.15, -0.1) is 0 Å². The van der Waals surface area contributed by atoms with E-state index in [9.17, 15) is 0 Å². The largest absolute Gasteiger partial charge is 0.208 e. The molecule has 0 radical (unpaired) electrons. The minimum absolute atomic E-state index is 0.0206. The molecular weight excluding hydrogens is 539 g/mol. The van der Waals surface area contributed by atoms with Crippen LogP contribution in [0.3, 0.4) is 0 Å². The molecule has 1 aliphatic rings. The molecule has 0 fully saturated rings. The molecule has 0 aliphatic heterocycles. The molecule has 1 heterocycles. The molecule has 43 heavy (non-hydrogen) atoms. The Bertz CT molecular complexity index is 1920. The summed E-state index contributed by atoms with van der Waals surface area (Å²) in [4.78, 5) is 14.8. The molecule has 0 N–H and O–H groups in total. The van der Waals surface area contributed by atoms with Gasteiger partial charge in [0.1, 0.15) is 0 Å². The lowest BCUT2D eigenvalue weighted by molar-refractivity contribution is 0.661. The van der Waals surface area contributed by atoms with Crippen LogP contribution in [0.1, 0.15) is 25.0 Å². The first-order chi connectivity index (χ1) is 20.7. The van der Waals surface area contributed by atoms with E-state index in [4.69, 9.17) is 15.0 Å². The topological polar surface area (TPSA) is 38.7 Å². The average Bonchev–Trinajstić information content (AvgIpc) is 3.26. The lowest BCUT2D eigenvalue weighted by Gasteiger charge is -2.24. The molecule has 0 bridgehead atoms. The molecule has 210 valence electrons. The Morgan fingerprint density at radius 2 is 0.977 bits per heavy atom. The number of rotatable bonds is 5. The molecule has 3 nitrogen and oxygen atoms in total. The highest BCUT2D eigenvalue weighted by Crippen LogP contribution is 2.49. The van der Waals surface area contributed by atoms with Crippen molar-refractivity contribution in [3.63, 3.8) is 0 Å². The zero-order chi connectivity index (χ0) is 29.8. The van der Waals surface area contributed by atoms with Gasteiger partial charge in [-0.2, -0.15) is 0 Å². The van der Waals surface area contributed by atoms with Crippen molar-refractivity contribution in [3.05, 3.63) is 132 Å². The van der Waals surface area contributed by atoms with Crippen molar-refractivity contribution < 1.29 is 0 Å². The van der Waals surface area contributed by atoms with Gasteiger partial charge in [0.05, 0.1) is 8.07 Å². The maximum atomic E-state index is 4.95. The number of aromatic nitrogens is 3. The zero-order valence-electron chi connectivity index (χ0n) is 25.4. The van der Waals surface area contributed by atoms with Crippen molar-refractivity contribution in [2.24, 2.45) is 0 Å². The van der Waals surface area contributed by atoms with Crippen molar-refractivity contribution in [1.29, 1.82) is 0 Å². The van der Waals surface area contributed by atoms with Crippen molar-refractivity contribution in [1.82, 2.24) is 15.0 Å². The van der Waals surface area contributed by atoms with Gasteiger partial charge in [0.25, 0.3) is 0 Å². The van der Waals surface area contributed by atoms with E-state index >= 15 is 0 Å². The van der Waals surface area contributed by atoms with Gasteiger partial charge >= 0.3 is 0 Å². The van der Waals surface area contributed by atoms with Crippen molar-refractivity contribution in [2.75, 3.05) is 0 Å². The lowest BCUT2D eigenvalue weighted by Crippen LogP contribution is -2.38. The molecule has 1 aromatic heterocycles. The predicted molar refractivity (Wildman–Crippen MR) is 182 cm³/mol. The number of benzene rings is 5. The van der Waals surface area contributed by atoms with Crippen LogP contribution < -0.4 is 5.19 Å². The smallest absolute Gasteiger partial charge is 0.164 e. The van der Waals surface area contributed by atoms with Crippen molar-refractivity contribution >= 4 is 13.3 Å². The van der Waals surface area contributed by atoms with Gasteiger partial charge in [-0.3, -0.25) is 0 Å². The van der Waals surface area contributed by atoms with Crippen LogP contribution in [0.25, 0.3) is 56.4 Å². The summed E-state index contributed by atoms with van der Waals surface area (Å²) in [7, 11) is -1.41. The first-order valence-electron chi connectivity index (χ1n) is 15.0. The monoisotopic (exact) mass is 573 g/mol. The minimum Gasteiger partial charge on any atom is -0.208 e. The molecule has 7 rings (SSSR count). The predicted octanol–water partition coefficient (Wildman–Crippen LogP) is 9.39. The number of fused-ring (bicyclic) bond motifs is 3. The Morgan fingerprint density at radius 1 is 0.442 bits per heavy atom. The van der Waals surface area contributed by atoms with Gasteiger partial charge < -0.3 is 0 Å². The van der Waals surface area contributed by atoms with Crippen LogP contribution in [0.4, 0.5) is 0 Å². The number of nitrogens with zero attached hydrogens (tertiary/aromatic N) is 3. The summed E-state index contributed by atoms with van der Waals surface area (Å²) in [5, 5.41) is 1.52. The third-order valence-corrected chi connectivity index (χ3v) is 10.7. The van der Waals surface area contributed by atoms with E-state index in [-0.39, 0.29) is 5.41 Å². The average molecular weight is 574 g/mol. The molecule has 0 saturated carbocycles. The second-order valence-corrected chi connectivity index (χ2v) is 18.1. The summed E-state index contributed by atoms with van der Waals surface area (Å²) in [5.41, 5.74) is 10.8. The van der Waals surface area contributed by atoms with E-state index in [0.717, 1.165) is 22.3 Å². The fourth-order valence-corrected chi connectivity index (χ4v) is 7.34. The fourth-order valence-electron chi connectivity index (χ4n) is 6.17. The first-order valence-corrected chi connectivity index (χ1v) is 18.5. The highest BCUT2D eigenvalue weighted by atomic mass is 28.3. The number of hydrogen-bond acceptors (Lipinski definition) is 3. The second-order valence-electron chi connectivity index (χ2n) is 13.0. The summed E-state index contributed by atoms with van der Waals surface area (Å²) in [5.74, 6) is 2.01. The quantitative estimate of drug-likeness (QED) is 0.193. The Labute approximate surface area is 255 Å². The van der Waals surface area contributed by atoms with Gasteiger partial charge in [-0.1, -0.05) is 148 Å². The van der Waals surface area contributed by atoms with E-state index in [1.54, 1.807) is 0 Å². The highest BCUT2D eigenvalue weighted by Gasteiger charge is 2.36. The molecule has 0 atom stereocenters. The summed E-state index contributed by atoms with van der Waals surface area (Å²) >= 11 is 0. The van der Waals surface area contributed by atoms with Crippen LogP contribution in [0.5, 0.6) is 0 Å². The standard InChI is InChI=1S/C39H35N3Si/c1-39(2)34-22-19-29(24-33(34)32-21-20-31(25-35(32)39)43(3,4)5)28-17-12-18-30(23-28)38-41-36(26-13-8-6-9-14-26)40-37(42-38)27-15-10-7-11-16-27/h6-25H,1-5H3. The van der Waals surface area contributed by atoms with Crippen LogP contribution in [0.15, 0.2) is 121 Å². The molecule has 1 aliphatic carbocycles. The van der Waals surface area contributed by atoms with E-state index in [1.807, 2.05) is 60.7 Å². The van der Waals surface area contributed by atoms with E-state index < -0.39 is 8.07 Å². The van der Waals surface area contributed by atoms with Crippen molar-refractivity contribution in [3.8, 4) is 56.4 Å². The van der Waals surface area contributed by atoms with Crippen LogP contribution in [-0.2, 0) is 5.41 Å². The Kier molecular flexibility index (Phi) is 6.48. The summed E-state index contributed by atoms with van der Waals surface area (Å²) < 4.78 is 0. The van der Waals surface area contributed by atoms with E-state index in [1.165, 1.54) is 33.0 Å². The Morgan fingerprint density at radius 3 is 1.58 bits per heavy atom. The molecule has 0 unspecified atom stereocenters. The van der Waals surface area contributed by atoms with Gasteiger partial charge in [0, 0.05) is 22.1 Å². The van der Waals surface area contributed by atoms with Gasteiger partial charge in [0.15, 0.2) is 17.5 Å². The van der Waals surface area contributed by atoms with Gasteiger partial charge in [0.2, 0.25) is 0 Å². The van der Waals surface area contributed by atoms with Crippen LogP contribution >= 0.6 is 0 Å². The summed E-state index contributed by atoms with van der Waals surface area (Å²) in [6.07, 6.45) is 0. The Hall–Kier alpha value is -4.67. The van der Waals surface area contributed by atoms with Crippen LogP contribution in [0.2, 0.25) is 19.6 Å². The summed E-state index contributed by atoms with van der Waals surface area (Å²) in [6.45, 7) is 12.0. The van der Waals surface area contributed by atoms with Crippen LogP contribution in [-0.4, -0.2) is 23.0 Å². The first kappa shape index (κ1) is 27.2. The molecule has 0 spiro atoms. The van der Waals surface area contributed by atoms with E-state index in [2.05, 4.69) is 94.2 Å². The maximum Gasteiger partial charge on any atom is 0.164 e. The molecular formula is C39H35N3Si. The minimum atomic E-state index is -1.41. The molecule has 0 saturated heterocycles. The fraction of sp³-hybridized carbons (Fsp3) is 0.154. The molecule has 4 heteroatoms. The number of hydrogen-bond donors (Lipinski definition) is 0. The van der Waals surface area contributed by atoms with Crippen molar-refractivity contribution in [2.45, 2.75) is 38.9 Å². The molecule has 0 amide bonds.